The van der Waals surface area contributed by atoms with E-state index in [0.29, 0.717) is 18.0 Å². The van der Waals surface area contributed by atoms with Crippen molar-refractivity contribution in [1.29, 1.82) is 0 Å². The first-order valence-electron chi connectivity index (χ1n) is 11.1. The van der Waals surface area contributed by atoms with Crippen LogP contribution in [0.3, 0.4) is 0 Å². The largest absolute Gasteiger partial charge is 0.331 e. The molecule has 0 unspecified atom stereocenters. The Morgan fingerprint density at radius 3 is 2.67 bits per heavy atom. The van der Waals surface area contributed by atoms with Crippen molar-refractivity contribution in [3.8, 4) is 0 Å². The Balaban J connectivity index is 0.00000218. The van der Waals surface area contributed by atoms with E-state index in [4.69, 9.17) is 0 Å². The molecule has 0 radical (unpaired) electrons. The van der Waals surface area contributed by atoms with Gasteiger partial charge in [-0.05, 0) is 55.2 Å². The first-order valence-corrected chi connectivity index (χ1v) is 11.1. The third-order valence-electron chi connectivity index (χ3n) is 7.28. The SMILES string of the molecule is C[C@@H](NC(=O)N1CCC[C@@H]2CN3CCc4ccccc4[C@@H]3C[C@@H]21)c1ccccc1.Cl. The number of amides is 2. The topological polar surface area (TPSA) is 35.6 Å². The molecule has 2 aromatic carbocycles. The van der Waals surface area contributed by atoms with E-state index in [2.05, 4.69) is 58.4 Å². The normalized spacial score (nSPS) is 26.4. The van der Waals surface area contributed by atoms with Crippen LogP contribution in [0.25, 0.3) is 0 Å². The molecule has 2 aromatic rings. The van der Waals surface area contributed by atoms with E-state index >= 15 is 0 Å². The minimum absolute atomic E-state index is 0. The highest BCUT2D eigenvalue weighted by molar-refractivity contribution is 5.85. The van der Waals surface area contributed by atoms with Gasteiger partial charge in [-0.2, -0.15) is 0 Å². The fourth-order valence-corrected chi connectivity index (χ4v) is 5.74. The highest BCUT2D eigenvalue weighted by Gasteiger charge is 2.43. The lowest BCUT2D eigenvalue weighted by Gasteiger charge is -2.52. The Bertz CT molecular complexity index is 874. The minimum Gasteiger partial charge on any atom is -0.331 e. The molecule has 160 valence electrons. The van der Waals surface area contributed by atoms with Crippen molar-refractivity contribution < 1.29 is 4.79 Å². The average Bonchev–Trinajstić information content (AvgIpc) is 2.77. The van der Waals surface area contributed by atoms with E-state index in [1.54, 1.807) is 0 Å². The van der Waals surface area contributed by atoms with Crippen LogP contribution >= 0.6 is 12.4 Å². The number of nitrogens with zero attached hydrogens (tertiary/aromatic N) is 2. The number of hydrogen-bond donors (Lipinski definition) is 1. The highest BCUT2D eigenvalue weighted by atomic mass is 35.5. The van der Waals surface area contributed by atoms with Crippen LogP contribution in [-0.2, 0) is 6.42 Å². The standard InChI is InChI=1S/C25H31N3O.ClH/c1-18(19-8-3-2-4-9-19)26-25(29)28-14-7-11-21-17-27-15-13-20-10-5-6-12-22(20)24(27)16-23(21)28;/h2-6,8-10,12,18,21,23-24H,7,11,13-17H2,1H3,(H,26,29);1H/t18-,21-,23+,24+;/m1./s1. The van der Waals surface area contributed by atoms with Gasteiger partial charge in [-0.15, -0.1) is 12.4 Å². The van der Waals surface area contributed by atoms with E-state index in [-0.39, 0.29) is 24.5 Å². The molecule has 0 saturated carbocycles. The number of benzene rings is 2. The van der Waals surface area contributed by atoms with Crippen molar-refractivity contribution in [3.63, 3.8) is 0 Å². The maximum absolute atomic E-state index is 13.2. The zero-order valence-corrected chi connectivity index (χ0v) is 18.5. The summed E-state index contributed by atoms with van der Waals surface area (Å²) in [5.74, 6) is 0.600. The lowest BCUT2D eigenvalue weighted by Crippen LogP contribution is -2.59. The van der Waals surface area contributed by atoms with Gasteiger partial charge in [-0.3, -0.25) is 4.90 Å². The molecule has 3 aliphatic heterocycles. The molecule has 0 spiro atoms. The van der Waals surface area contributed by atoms with Crippen molar-refractivity contribution in [2.24, 2.45) is 5.92 Å². The molecule has 4 atom stereocenters. The van der Waals surface area contributed by atoms with Crippen LogP contribution in [0.15, 0.2) is 54.6 Å². The molecule has 1 N–H and O–H groups in total. The van der Waals surface area contributed by atoms with Crippen molar-refractivity contribution >= 4 is 18.4 Å². The molecule has 3 heterocycles. The zero-order chi connectivity index (χ0) is 19.8. The summed E-state index contributed by atoms with van der Waals surface area (Å²) in [6, 6.07) is 20.1. The Hall–Kier alpha value is -2.04. The van der Waals surface area contributed by atoms with Gasteiger partial charge >= 0.3 is 6.03 Å². The minimum atomic E-state index is 0. The molecule has 5 heteroatoms. The molecule has 0 aromatic heterocycles. The summed E-state index contributed by atoms with van der Waals surface area (Å²) in [7, 11) is 0. The molecule has 4 nitrogen and oxygen atoms in total. The monoisotopic (exact) mass is 425 g/mol. The quantitative estimate of drug-likeness (QED) is 0.737. The van der Waals surface area contributed by atoms with E-state index in [0.717, 1.165) is 44.5 Å². The number of likely N-dealkylation sites (tertiary alicyclic amines) is 1. The number of fused-ring (bicyclic) bond motifs is 4. The first kappa shape index (κ1) is 21.2. The Morgan fingerprint density at radius 1 is 1.07 bits per heavy atom. The molecule has 0 bridgehead atoms. The summed E-state index contributed by atoms with van der Waals surface area (Å²) < 4.78 is 0. The summed E-state index contributed by atoms with van der Waals surface area (Å²) in [6.07, 6.45) is 4.58. The molecular formula is C25H32ClN3O. The predicted molar refractivity (Wildman–Crippen MR) is 123 cm³/mol. The van der Waals surface area contributed by atoms with Crippen LogP contribution in [0, 0.1) is 5.92 Å². The second-order valence-corrected chi connectivity index (χ2v) is 8.94. The molecule has 0 aliphatic carbocycles. The van der Waals surface area contributed by atoms with Crippen LogP contribution in [0.2, 0.25) is 0 Å². The van der Waals surface area contributed by atoms with Crippen molar-refractivity contribution in [1.82, 2.24) is 15.1 Å². The van der Waals surface area contributed by atoms with Crippen LogP contribution < -0.4 is 5.32 Å². The number of carbonyl (C=O) groups excluding carboxylic acids is 1. The Kier molecular flexibility index (Phi) is 6.35. The van der Waals surface area contributed by atoms with Gasteiger partial charge in [0.25, 0.3) is 0 Å². The molecule has 2 amide bonds. The first-order chi connectivity index (χ1) is 14.2. The lowest BCUT2D eigenvalue weighted by atomic mass is 9.77. The van der Waals surface area contributed by atoms with E-state index in [1.807, 2.05) is 18.2 Å². The number of nitrogens with one attached hydrogen (secondary N) is 1. The number of rotatable bonds is 2. The van der Waals surface area contributed by atoms with Crippen LogP contribution in [0.1, 0.15) is 55.0 Å². The maximum atomic E-state index is 13.2. The van der Waals surface area contributed by atoms with Gasteiger partial charge in [0.15, 0.2) is 0 Å². The highest BCUT2D eigenvalue weighted by Crippen LogP contribution is 2.42. The number of hydrogen-bond acceptors (Lipinski definition) is 2. The van der Waals surface area contributed by atoms with Crippen molar-refractivity contribution in [3.05, 3.63) is 71.3 Å². The summed E-state index contributed by atoms with van der Waals surface area (Å²) in [5, 5.41) is 3.26. The summed E-state index contributed by atoms with van der Waals surface area (Å²) >= 11 is 0. The van der Waals surface area contributed by atoms with Crippen molar-refractivity contribution in [2.75, 3.05) is 19.6 Å². The smallest absolute Gasteiger partial charge is 0.318 e. The van der Waals surface area contributed by atoms with Gasteiger partial charge in [-0.25, -0.2) is 4.79 Å². The van der Waals surface area contributed by atoms with Crippen LogP contribution in [-0.4, -0.2) is 41.5 Å². The van der Waals surface area contributed by atoms with Crippen LogP contribution in [0.5, 0.6) is 0 Å². The zero-order valence-electron chi connectivity index (χ0n) is 17.7. The molecule has 30 heavy (non-hydrogen) atoms. The molecular weight excluding hydrogens is 394 g/mol. The number of piperidine rings is 2. The molecule has 3 aliphatic rings. The van der Waals surface area contributed by atoms with E-state index in [9.17, 15) is 4.79 Å². The predicted octanol–water partition coefficient (Wildman–Crippen LogP) is 4.96. The molecule has 2 saturated heterocycles. The van der Waals surface area contributed by atoms with Gasteiger partial charge in [0.05, 0.1) is 6.04 Å². The summed E-state index contributed by atoms with van der Waals surface area (Å²) in [5.41, 5.74) is 4.14. The fourth-order valence-electron chi connectivity index (χ4n) is 5.74. The number of halogens is 1. The van der Waals surface area contributed by atoms with Gasteiger partial charge in [0.2, 0.25) is 0 Å². The van der Waals surface area contributed by atoms with Crippen molar-refractivity contribution in [2.45, 2.75) is 50.7 Å². The van der Waals surface area contributed by atoms with Gasteiger partial charge in [0.1, 0.15) is 0 Å². The summed E-state index contributed by atoms with van der Waals surface area (Å²) in [6.45, 7) is 5.24. The van der Waals surface area contributed by atoms with Gasteiger partial charge < -0.3 is 10.2 Å². The molecule has 5 rings (SSSR count). The van der Waals surface area contributed by atoms with Gasteiger partial charge in [-0.1, -0.05) is 54.6 Å². The van der Waals surface area contributed by atoms with E-state index < -0.39 is 0 Å². The number of urea groups is 1. The maximum Gasteiger partial charge on any atom is 0.318 e. The third-order valence-corrected chi connectivity index (χ3v) is 7.28. The summed E-state index contributed by atoms with van der Waals surface area (Å²) in [4.78, 5) is 18.1. The third kappa shape index (κ3) is 3.95. The lowest BCUT2D eigenvalue weighted by molar-refractivity contribution is 0.00533. The van der Waals surface area contributed by atoms with Crippen LogP contribution in [0.4, 0.5) is 4.79 Å². The van der Waals surface area contributed by atoms with E-state index in [1.165, 1.54) is 17.5 Å². The fraction of sp³-hybridized carbons (Fsp3) is 0.480. The molecule has 2 fully saturated rings. The average molecular weight is 426 g/mol. The number of carbonyl (C=O) groups is 1. The Labute approximate surface area is 186 Å². The second-order valence-electron chi connectivity index (χ2n) is 8.94. The van der Waals surface area contributed by atoms with Gasteiger partial charge in [0, 0.05) is 31.7 Å². The second kappa shape index (κ2) is 8.99. The Morgan fingerprint density at radius 2 is 1.83 bits per heavy atom.